The van der Waals surface area contributed by atoms with Crippen molar-refractivity contribution in [1.29, 1.82) is 0 Å². The average molecular weight is 610 g/mol. The second-order valence-electron chi connectivity index (χ2n) is 8.29. The van der Waals surface area contributed by atoms with E-state index in [2.05, 4.69) is 15.5 Å². The van der Waals surface area contributed by atoms with Crippen molar-refractivity contribution in [2.24, 2.45) is 10.2 Å². The number of anilines is 1. The van der Waals surface area contributed by atoms with Gasteiger partial charge in [0.25, 0.3) is 16.0 Å². The Morgan fingerprint density at radius 1 is 1.02 bits per heavy atom. The quantitative estimate of drug-likeness (QED) is 0.175. The summed E-state index contributed by atoms with van der Waals surface area (Å²) in [5, 5.41) is 25.5. The van der Waals surface area contributed by atoms with Crippen LogP contribution in [0.4, 0.5) is 17.1 Å². The molecule has 0 aromatic heterocycles. The summed E-state index contributed by atoms with van der Waals surface area (Å²) in [7, 11) is -4.55. The van der Waals surface area contributed by atoms with Crippen molar-refractivity contribution < 1.29 is 57.2 Å². The van der Waals surface area contributed by atoms with Crippen LogP contribution in [-0.4, -0.2) is 25.5 Å². The van der Waals surface area contributed by atoms with Crippen LogP contribution >= 0.6 is 23.2 Å². The number of azo groups is 1. The van der Waals surface area contributed by atoms with E-state index in [4.69, 9.17) is 27.9 Å². The van der Waals surface area contributed by atoms with Crippen LogP contribution in [0.25, 0.3) is 10.8 Å². The first-order chi connectivity index (χ1) is 18.5. The third kappa shape index (κ3) is 6.95. The third-order valence-corrected chi connectivity index (χ3v) is 7.41. The summed E-state index contributed by atoms with van der Waals surface area (Å²) < 4.78 is 38.2. The Bertz CT molecular complexity index is 1730. The first kappa shape index (κ1) is 31.8. The zero-order chi connectivity index (χ0) is 28.3. The molecule has 1 amide bonds. The van der Waals surface area contributed by atoms with E-state index in [0.29, 0.717) is 35.1 Å². The Hall–Kier alpha value is -2.70. The molecule has 40 heavy (non-hydrogen) atoms. The van der Waals surface area contributed by atoms with E-state index in [-0.39, 0.29) is 62.2 Å². The third-order valence-electron chi connectivity index (χ3n) is 5.77. The number of fused-ring (bicyclic) bond motifs is 1. The van der Waals surface area contributed by atoms with Crippen LogP contribution in [0.5, 0.6) is 11.5 Å². The molecule has 4 aromatic rings. The van der Waals surface area contributed by atoms with Gasteiger partial charge in [0.2, 0.25) is 0 Å². The van der Waals surface area contributed by atoms with Crippen LogP contribution in [0.2, 0.25) is 10.0 Å². The van der Waals surface area contributed by atoms with Gasteiger partial charge in [-0.25, -0.2) is 0 Å². The van der Waals surface area contributed by atoms with Gasteiger partial charge in [0.05, 0.1) is 33.7 Å². The Kier molecular flexibility index (Phi) is 10.6. The molecule has 2 N–H and O–H groups in total. The van der Waals surface area contributed by atoms with Gasteiger partial charge in [-0.1, -0.05) is 60.1 Å². The number of benzene rings is 4. The number of ether oxygens (including phenoxy) is 1. The smallest absolute Gasteiger partial charge is 0.870 e. The van der Waals surface area contributed by atoms with Gasteiger partial charge in [-0.05, 0) is 54.6 Å². The van der Waals surface area contributed by atoms with Gasteiger partial charge in [0.15, 0.2) is 0 Å². The van der Waals surface area contributed by atoms with Crippen molar-refractivity contribution in [2.45, 2.75) is 25.2 Å². The number of hydrogen-bond acceptors (Lipinski definition) is 7. The van der Waals surface area contributed by atoms with Crippen LogP contribution in [0.1, 0.15) is 29.8 Å². The molecule has 0 heterocycles. The van der Waals surface area contributed by atoms with Gasteiger partial charge in [-0.15, -0.1) is 0 Å². The van der Waals surface area contributed by atoms with Crippen LogP contribution < -0.4 is 44.7 Å². The zero-order valence-corrected chi connectivity index (χ0v) is 26.1. The summed E-state index contributed by atoms with van der Waals surface area (Å²) in [5.41, 5.74) is 0.614. The number of nitrogens with one attached hydrogen (secondary N) is 1. The van der Waals surface area contributed by atoms with Gasteiger partial charge in [-0.3, -0.25) is 9.35 Å². The van der Waals surface area contributed by atoms with Crippen LogP contribution in [0, 0.1) is 0 Å². The molecule has 0 fully saturated rings. The minimum atomic E-state index is -4.55. The summed E-state index contributed by atoms with van der Waals surface area (Å²) in [6.45, 7) is 3.99. The minimum Gasteiger partial charge on any atom is -0.870 e. The van der Waals surface area contributed by atoms with E-state index in [1.807, 2.05) is 6.92 Å². The fourth-order valence-corrected chi connectivity index (χ4v) is 5.10. The Balaban J connectivity index is 0.00000441. The topological polar surface area (TPSA) is 140 Å². The summed E-state index contributed by atoms with van der Waals surface area (Å²) in [5.74, 6) is -0.878. The number of nitrogens with zero attached hydrogens (tertiary/aromatic N) is 2. The molecule has 0 bridgehead atoms. The van der Waals surface area contributed by atoms with Gasteiger partial charge >= 0.3 is 29.6 Å². The summed E-state index contributed by atoms with van der Waals surface area (Å²) in [6, 6.07) is 15.6. The fourth-order valence-electron chi connectivity index (χ4n) is 3.89. The Labute approximate surface area is 263 Å². The van der Waals surface area contributed by atoms with Crippen LogP contribution in [0.3, 0.4) is 0 Å². The van der Waals surface area contributed by atoms with Gasteiger partial charge in [0.1, 0.15) is 10.6 Å². The molecule has 0 unspecified atom stereocenters. The molecule has 0 radical (unpaired) electrons. The largest absolute Gasteiger partial charge is 1.00 e. The van der Waals surface area contributed by atoms with E-state index < -0.39 is 26.7 Å². The van der Waals surface area contributed by atoms with Crippen molar-refractivity contribution in [3.8, 4) is 11.5 Å². The molecule has 9 nitrogen and oxygen atoms in total. The number of carbonyl (C=O) groups excluding carboxylic acids is 1. The van der Waals surface area contributed by atoms with Crippen molar-refractivity contribution in [3.05, 3.63) is 81.8 Å². The second kappa shape index (κ2) is 13.3. The summed E-state index contributed by atoms with van der Waals surface area (Å²) >= 11 is 12.3. The fraction of sp³-hybridized carbons (Fsp3) is 0.148. The summed E-state index contributed by atoms with van der Waals surface area (Å²) in [6.07, 6.45) is 0.336. The SMILES string of the molecule is CCOc1ccc(Cl)c(NC(=O)c2cc3ccccc3c(N=Nc3cc(Cl)c(S(=O)(=O)O)cc3CC)c2[O-])c1.[Na+]. The number of aryl methyl sites for hydroxylation is 1. The molecule has 0 spiro atoms. The van der Waals surface area contributed by atoms with Crippen molar-refractivity contribution in [3.63, 3.8) is 0 Å². The predicted molar refractivity (Wildman–Crippen MR) is 149 cm³/mol. The van der Waals surface area contributed by atoms with Crippen LogP contribution in [-0.2, 0) is 16.5 Å². The standard InChI is InChI=1S/C27H23Cl2N3O6S.Na/c1-3-15-12-24(39(35,36)37)21(29)14-22(15)31-32-25-18-8-6-5-7-16(18)11-19(26(25)33)27(34)30-23-13-17(38-4-2)9-10-20(23)28;/h5-14,33H,3-4H2,1-2H3,(H,30,34)(H,35,36,37);/q;+1/p-1. The van der Waals surface area contributed by atoms with E-state index >= 15 is 0 Å². The second-order valence-corrected chi connectivity index (χ2v) is 10.5. The van der Waals surface area contributed by atoms with Crippen LogP contribution in [0.15, 0.2) is 75.8 Å². The molecule has 0 saturated carbocycles. The molecule has 13 heteroatoms. The molecule has 4 rings (SSSR count). The maximum absolute atomic E-state index is 13.5. The molecule has 4 aromatic carbocycles. The number of rotatable bonds is 8. The Morgan fingerprint density at radius 2 is 1.75 bits per heavy atom. The van der Waals surface area contributed by atoms with Gasteiger partial charge < -0.3 is 15.2 Å². The molecule has 0 saturated heterocycles. The molecule has 0 aliphatic rings. The van der Waals surface area contributed by atoms with E-state index in [0.717, 1.165) is 0 Å². The van der Waals surface area contributed by atoms with Gasteiger partial charge in [0, 0.05) is 17.0 Å². The normalized spacial score (nSPS) is 11.4. The first-order valence-electron chi connectivity index (χ1n) is 11.7. The number of carbonyl (C=O) groups is 1. The minimum absolute atomic E-state index is 0. The molecular formula is C27H22Cl2N3NaO6S. The van der Waals surface area contributed by atoms with Gasteiger partial charge in [-0.2, -0.15) is 18.6 Å². The molecule has 0 aliphatic heterocycles. The Morgan fingerprint density at radius 3 is 2.42 bits per heavy atom. The maximum Gasteiger partial charge on any atom is 1.00 e. The van der Waals surface area contributed by atoms with E-state index in [1.54, 1.807) is 49.4 Å². The molecule has 202 valence electrons. The van der Waals surface area contributed by atoms with Crippen molar-refractivity contribution >= 4 is 67.1 Å². The van der Waals surface area contributed by atoms with Crippen molar-refractivity contribution in [1.82, 2.24) is 0 Å². The maximum atomic E-state index is 13.5. The average Bonchev–Trinajstić information content (AvgIpc) is 2.89. The zero-order valence-electron chi connectivity index (χ0n) is 21.7. The molecule has 0 atom stereocenters. The number of amides is 1. The summed E-state index contributed by atoms with van der Waals surface area (Å²) in [4.78, 5) is 12.8. The van der Waals surface area contributed by atoms with E-state index in [1.165, 1.54) is 18.2 Å². The van der Waals surface area contributed by atoms with E-state index in [9.17, 15) is 22.9 Å². The monoisotopic (exact) mass is 609 g/mol. The number of hydrogen-bond donors (Lipinski definition) is 2. The molecular weight excluding hydrogens is 588 g/mol. The molecule has 0 aliphatic carbocycles. The predicted octanol–water partition coefficient (Wildman–Crippen LogP) is 4.10. The van der Waals surface area contributed by atoms with Crippen molar-refractivity contribution in [2.75, 3.05) is 11.9 Å². The first-order valence-corrected chi connectivity index (χ1v) is 13.9. The number of halogens is 2.